The third kappa shape index (κ3) is 3.57. The van der Waals surface area contributed by atoms with Crippen molar-refractivity contribution in [2.75, 3.05) is 25.9 Å². The van der Waals surface area contributed by atoms with E-state index in [0.717, 1.165) is 44.5 Å². The molecule has 0 spiro atoms. The van der Waals surface area contributed by atoms with E-state index >= 15 is 0 Å². The highest BCUT2D eigenvalue weighted by atomic mass is 32.2. The fourth-order valence-electron chi connectivity index (χ4n) is 2.98. The Morgan fingerprint density at radius 3 is 2.74 bits per heavy atom. The molecule has 1 atom stereocenters. The maximum absolute atomic E-state index is 11.9. The lowest BCUT2D eigenvalue weighted by Crippen LogP contribution is -2.35. The normalized spacial score (nSPS) is 21.5. The minimum absolute atomic E-state index is 0.353. The Labute approximate surface area is 116 Å². The smallest absolute Gasteiger partial charge is 0.175 e. The number of nitrogens with zero attached hydrogens (tertiary/aromatic N) is 1. The average Bonchev–Trinajstić information content (AvgIpc) is 2.38. The molecule has 0 aliphatic carbocycles. The zero-order chi connectivity index (χ0) is 13.9. The van der Waals surface area contributed by atoms with Gasteiger partial charge in [-0.3, -0.25) is 0 Å². The van der Waals surface area contributed by atoms with Crippen LogP contribution in [0.25, 0.3) is 0 Å². The Balaban J connectivity index is 2.27. The molecule has 1 aliphatic heterocycles. The van der Waals surface area contributed by atoms with Crippen molar-refractivity contribution in [1.82, 2.24) is 4.90 Å². The summed E-state index contributed by atoms with van der Waals surface area (Å²) in [6.07, 6.45) is 4.70. The van der Waals surface area contributed by atoms with E-state index in [0.29, 0.717) is 10.8 Å². The Morgan fingerprint density at radius 1 is 1.32 bits per heavy atom. The van der Waals surface area contributed by atoms with Gasteiger partial charge in [0, 0.05) is 12.8 Å². The number of rotatable bonds is 4. The van der Waals surface area contributed by atoms with Crippen LogP contribution in [-0.2, 0) is 9.84 Å². The topological polar surface area (TPSA) is 37.4 Å². The number of piperidine rings is 1. The SMILES string of the molecule is CCCN1CCC[C@@H](c2ccccc2S(C)(=O)=O)C1. The van der Waals surface area contributed by atoms with Crippen LogP contribution < -0.4 is 0 Å². The van der Waals surface area contributed by atoms with Crippen molar-refractivity contribution >= 4 is 9.84 Å². The molecular weight excluding hydrogens is 258 g/mol. The first-order valence-electron chi connectivity index (χ1n) is 7.03. The van der Waals surface area contributed by atoms with E-state index in [-0.39, 0.29) is 0 Å². The van der Waals surface area contributed by atoms with Crippen LogP contribution in [0.5, 0.6) is 0 Å². The van der Waals surface area contributed by atoms with Gasteiger partial charge in [0.05, 0.1) is 4.90 Å². The molecule has 1 aromatic rings. The molecule has 1 saturated heterocycles. The second-order valence-corrected chi connectivity index (χ2v) is 7.43. The van der Waals surface area contributed by atoms with Gasteiger partial charge in [0.15, 0.2) is 9.84 Å². The molecule has 0 aromatic heterocycles. The lowest BCUT2D eigenvalue weighted by atomic mass is 9.90. The van der Waals surface area contributed by atoms with E-state index in [1.165, 1.54) is 6.26 Å². The van der Waals surface area contributed by atoms with Gasteiger partial charge in [0.25, 0.3) is 0 Å². The molecule has 0 amide bonds. The molecule has 2 rings (SSSR count). The predicted octanol–water partition coefficient (Wildman–Crippen LogP) is 2.68. The van der Waals surface area contributed by atoms with Gasteiger partial charge in [0.2, 0.25) is 0 Å². The number of likely N-dealkylation sites (tertiary alicyclic amines) is 1. The van der Waals surface area contributed by atoms with Crippen LogP contribution >= 0.6 is 0 Å². The molecule has 0 unspecified atom stereocenters. The molecule has 0 bridgehead atoms. The van der Waals surface area contributed by atoms with Crippen molar-refractivity contribution in [1.29, 1.82) is 0 Å². The van der Waals surface area contributed by atoms with Crippen LogP contribution in [-0.4, -0.2) is 39.2 Å². The molecule has 0 radical (unpaired) electrons. The molecule has 0 N–H and O–H groups in total. The van der Waals surface area contributed by atoms with Gasteiger partial charge in [0.1, 0.15) is 0 Å². The van der Waals surface area contributed by atoms with Crippen LogP contribution in [0, 0.1) is 0 Å². The highest BCUT2D eigenvalue weighted by Crippen LogP contribution is 2.31. The standard InChI is InChI=1S/C15H23NO2S/c1-3-10-16-11-6-7-13(12-16)14-8-4-5-9-15(14)19(2,17)18/h4-5,8-9,13H,3,6-7,10-12H2,1-2H3/t13-/m1/s1. The number of sulfone groups is 1. The first-order valence-corrected chi connectivity index (χ1v) is 8.93. The van der Waals surface area contributed by atoms with E-state index in [1.807, 2.05) is 18.2 Å². The summed E-state index contributed by atoms with van der Waals surface area (Å²) in [5.74, 6) is 0.353. The van der Waals surface area contributed by atoms with E-state index in [2.05, 4.69) is 11.8 Å². The Hall–Kier alpha value is -0.870. The summed E-state index contributed by atoms with van der Waals surface area (Å²) in [6, 6.07) is 7.48. The number of hydrogen-bond acceptors (Lipinski definition) is 3. The van der Waals surface area contributed by atoms with Gasteiger partial charge in [-0.25, -0.2) is 8.42 Å². The molecule has 1 aromatic carbocycles. The van der Waals surface area contributed by atoms with Crippen molar-refractivity contribution in [2.24, 2.45) is 0 Å². The molecular formula is C15H23NO2S. The summed E-state index contributed by atoms with van der Waals surface area (Å²) in [5.41, 5.74) is 1.01. The first kappa shape index (κ1) is 14.5. The lowest BCUT2D eigenvalue weighted by Gasteiger charge is -2.33. The van der Waals surface area contributed by atoms with Crippen molar-refractivity contribution < 1.29 is 8.42 Å². The van der Waals surface area contributed by atoms with Crippen LogP contribution in [0.4, 0.5) is 0 Å². The summed E-state index contributed by atoms with van der Waals surface area (Å²) in [6.45, 7) is 5.43. The van der Waals surface area contributed by atoms with Gasteiger partial charge < -0.3 is 4.90 Å². The third-order valence-electron chi connectivity index (χ3n) is 3.80. The van der Waals surface area contributed by atoms with Gasteiger partial charge in [-0.05, 0) is 49.9 Å². The van der Waals surface area contributed by atoms with Crippen molar-refractivity contribution in [3.63, 3.8) is 0 Å². The fraction of sp³-hybridized carbons (Fsp3) is 0.600. The molecule has 1 aliphatic rings. The zero-order valence-corrected chi connectivity index (χ0v) is 12.6. The summed E-state index contributed by atoms with van der Waals surface area (Å²) in [4.78, 5) is 2.96. The van der Waals surface area contributed by atoms with Crippen molar-refractivity contribution in [2.45, 2.75) is 37.0 Å². The molecule has 1 fully saturated rings. The largest absolute Gasteiger partial charge is 0.303 e. The second-order valence-electron chi connectivity index (χ2n) is 5.45. The summed E-state index contributed by atoms with van der Waals surface area (Å²) < 4.78 is 23.8. The summed E-state index contributed by atoms with van der Waals surface area (Å²) >= 11 is 0. The van der Waals surface area contributed by atoms with E-state index in [4.69, 9.17) is 0 Å². The summed E-state index contributed by atoms with van der Waals surface area (Å²) in [5, 5.41) is 0. The maximum Gasteiger partial charge on any atom is 0.175 e. The van der Waals surface area contributed by atoms with Crippen LogP contribution in [0.15, 0.2) is 29.2 Å². The Bertz CT molecular complexity index is 523. The van der Waals surface area contributed by atoms with Crippen molar-refractivity contribution in [3.8, 4) is 0 Å². The molecule has 1 heterocycles. The number of benzene rings is 1. The highest BCUT2D eigenvalue weighted by molar-refractivity contribution is 7.90. The monoisotopic (exact) mass is 281 g/mol. The molecule has 4 heteroatoms. The first-order chi connectivity index (χ1) is 9.02. The number of hydrogen-bond donors (Lipinski definition) is 0. The van der Waals surface area contributed by atoms with E-state index in [1.54, 1.807) is 6.07 Å². The van der Waals surface area contributed by atoms with Gasteiger partial charge in [-0.15, -0.1) is 0 Å². The fourth-order valence-corrected chi connectivity index (χ4v) is 3.97. The van der Waals surface area contributed by atoms with Gasteiger partial charge >= 0.3 is 0 Å². The van der Waals surface area contributed by atoms with Gasteiger partial charge in [-0.1, -0.05) is 25.1 Å². The molecule has 3 nitrogen and oxygen atoms in total. The Kier molecular flexibility index (Phi) is 4.63. The zero-order valence-electron chi connectivity index (χ0n) is 11.8. The second kappa shape index (κ2) is 6.06. The highest BCUT2D eigenvalue weighted by Gasteiger charge is 2.25. The quantitative estimate of drug-likeness (QED) is 0.851. The minimum atomic E-state index is -3.13. The molecule has 19 heavy (non-hydrogen) atoms. The lowest BCUT2D eigenvalue weighted by molar-refractivity contribution is 0.207. The van der Waals surface area contributed by atoms with Crippen LogP contribution in [0.1, 0.15) is 37.7 Å². The van der Waals surface area contributed by atoms with Crippen LogP contribution in [0.3, 0.4) is 0 Å². The van der Waals surface area contributed by atoms with E-state index < -0.39 is 9.84 Å². The maximum atomic E-state index is 11.9. The van der Waals surface area contributed by atoms with Crippen LogP contribution in [0.2, 0.25) is 0 Å². The predicted molar refractivity (Wildman–Crippen MR) is 78.3 cm³/mol. The summed E-state index contributed by atoms with van der Waals surface area (Å²) in [7, 11) is -3.13. The minimum Gasteiger partial charge on any atom is -0.303 e. The Morgan fingerprint density at radius 2 is 2.05 bits per heavy atom. The van der Waals surface area contributed by atoms with E-state index in [9.17, 15) is 8.42 Å². The van der Waals surface area contributed by atoms with Gasteiger partial charge in [-0.2, -0.15) is 0 Å². The third-order valence-corrected chi connectivity index (χ3v) is 4.97. The van der Waals surface area contributed by atoms with Crippen molar-refractivity contribution in [3.05, 3.63) is 29.8 Å². The molecule has 0 saturated carbocycles. The average molecular weight is 281 g/mol. The molecule has 106 valence electrons.